The summed E-state index contributed by atoms with van der Waals surface area (Å²) in [5, 5.41) is 12.5. The zero-order valence-corrected chi connectivity index (χ0v) is 9.83. The topological polar surface area (TPSA) is 32.3 Å². The number of rotatable bonds is 5. The Labute approximate surface area is 92.3 Å². The molecule has 0 bridgehead atoms. The fraction of sp³-hybridized carbons (Fsp3) is 0.538. The number of aliphatic hydroxyl groups is 1. The first kappa shape index (κ1) is 12.2. The minimum Gasteiger partial charge on any atom is -0.395 e. The SMILES string of the molecule is CC[C@H](CO)NC(C)c1cccc(C)c1. The highest BCUT2D eigenvalue weighted by Gasteiger charge is 2.10. The fourth-order valence-electron chi connectivity index (χ4n) is 1.69. The number of aliphatic hydroxyl groups excluding tert-OH is 1. The normalized spacial score (nSPS) is 14.9. The third-order valence-corrected chi connectivity index (χ3v) is 2.74. The average Bonchev–Trinajstić information content (AvgIpc) is 2.25. The lowest BCUT2D eigenvalue weighted by Gasteiger charge is -2.21. The standard InChI is InChI=1S/C13H21NO/c1-4-13(9-15)14-11(3)12-7-5-6-10(2)8-12/h5-8,11,13-15H,4,9H2,1-3H3/t11?,13-/m1/s1. The van der Waals surface area contributed by atoms with Crippen LogP contribution in [0.1, 0.15) is 37.4 Å². The van der Waals surface area contributed by atoms with Crippen molar-refractivity contribution in [3.05, 3.63) is 35.4 Å². The third kappa shape index (κ3) is 3.65. The van der Waals surface area contributed by atoms with E-state index < -0.39 is 0 Å². The second kappa shape index (κ2) is 5.89. The lowest BCUT2D eigenvalue weighted by molar-refractivity contribution is 0.230. The summed E-state index contributed by atoms with van der Waals surface area (Å²) in [5.41, 5.74) is 2.56. The van der Waals surface area contributed by atoms with Crippen LogP contribution < -0.4 is 5.32 Å². The third-order valence-electron chi connectivity index (χ3n) is 2.74. The van der Waals surface area contributed by atoms with Gasteiger partial charge in [0.1, 0.15) is 0 Å². The molecule has 0 aliphatic carbocycles. The van der Waals surface area contributed by atoms with Crippen LogP contribution in [-0.2, 0) is 0 Å². The highest BCUT2D eigenvalue weighted by atomic mass is 16.3. The zero-order valence-electron chi connectivity index (χ0n) is 9.83. The van der Waals surface area contributed by atoms with E-state index in [9.17, 15) is 0 Å². The van der Waals surface area contributed by atoms with Crippen molar-refractivity contribution in [3.63, 3.8) is 0 Å². The molecule has 0 fully saturated rings. The van der Waals surface area contributed by atoms with Gasteiger partial charge in [-0.05, 0) is 25.8 Å². The van der Waals surface area contributed by atoms with Gasteiger partial charge in [-0.1, -0.05) is 36.8 Å². The Bertz CT molecular complexity index is 294. The minimum absolute atomic E-state index is 0.195. The molecule has 1 aromatic rings. The van der Waals surface area contributed by atoms with Gasteiger partial charge in [-0.15, -0.1) is 0 Å². The van der Waals surface area contributed by atoms with E-state index >= 15 is 0 Å². The summed E-state index contributed by atoms with van der Waals surface area (Å²) in [5.74, 6) is 0. The first-order valence-corrected chi connectivity index (χ1v) is 5.60. The number of nitrogens with one attached hydrogen (secondary N) is 1. The Morgan fingerprint density at radius 1 is 1.40 bits per heavy atom. The molecule has 2 heteroatoms. The highest BCUT2D eigenvalue weighted by Crippen LogP contribution is 2.14. The highest BCUT2D eigenvalue weighted by molar-refractivity contribution is 5.24. The van der Waals surface area contributed by atoms with Gasteiger partial charge >= 0.3 is 0 Å². The molecule has 0 amide bonds. The van der Waals surface area contributed by atoms with Gasteiger partial charge in [0, 0.05) is 12.1 Å². The Morgan fingerprint density at radius 2 is 2.13 bits per heavy atom. The summed E-state index contributed by atoms with van der Waals surface area (Å²) >= 11 is 0. The van der Waals surface area contributed by atoms with E-state index in [1.165, 1.54) is 11.1 Å². The van der Waals surface area contributed by atoms with Crippen molar-refractivity contribution < 1.29 is 5.11 Å². The van der Waals surface area contributed by atoms with E-state index in [4.69, 9.17) is 5.11 Å². The predicted molar refractivity (Wildman–Crippen MR) is 63.9 cm³/mol. The van der Waals surface area contributed by atoms with Crippen LogP contribution in [0.15, 0.2) is 24.3 Å². The van der Waals surface area contributed by atoms with Gasteiger partial charge < -0.3 is 10.4 Å². The largest absolute Gasteiger partial charge is 0.395 e. The molecule has 15 heavy (non-hydrogen) atoms. The van der Waals surface area contributed by atoms with Crippen LogP contribution in [0.25, 0.3) is 0 Å². The van der Waals surface area contributed by atoms with Crippen LogP contribution in [0.3, 0.4) is 0 Å². The molecule has 0 spiro atoms. The van der Waals surface area contributed by atoms with E-state index in [0.717, 1.165) is 6.42 Å². The molecule has 0 saturated carbocycles. The molecule has 2 atom stereocenters. The molecular formula is C13H21NO. The summed E-state index contributed by atoms with van der Waals surface area (Å²) in [6, 6.07) is 8.96. The molecule has 84 valence electrons. The van der Waals surface area contributed by atoms with Crippen molar-refractivity contribution in [2.75, 3.05) is 6.61 Å². The molecule has 1 aromatic carbocycles. The monoisotopic (exact) mass is 207 g/mol. The van der Waals surface area contributed by atoms with Crippen LogP contribution in [-0.4, -0.2) is 17.8 Å². The second-order valence-electron chi connectivity index (χ2n) is 4.09. The first-order valence-electron chi connectivity index (χ1n) is 5.60. The second-order valence-corrected chi connectivity index (χ2v) is 4.09. The van der Waals surface area contributed by atoms with Gasteiger partial charge in [0.25, 0.3) is 0 Å². The molecule has 1 unspecified atom stereocenters. The molecular weight excluding hydrogens is 186 g/mol. The molecule has 0 radical (unpaired) electrons. The van der Waals surface area contributed by atoms with E-state index in [0.29, 0.717) is 6.04 Å². The fourth-order valence-corrected chi connectivity index (χ4v) is 1.69. The number of benzene rings is 1. The summed E-state index contributed by atoms with van der Waals surface area (Å²) in [4.78, 5) is 0. The van der Waals surface area contributed by atoms with Gasteiger partial charge in [-0.2, -0.15) is 0 Å². The van der Waals surface area contributed by atoms with Crippen molar-refractivity contribution >= 4 is 0 Å². The van der Waals surface area contributed by atoms with E-state index in [1.54, 1.807) is 0 Å². The minimum atomic E-state index is 0.195. The smallest absolute Gasteiger partial charge is 0.0584 e. The van der Waals surface area contributed by atoms with Crippen LogP contribution in [0, 0.1) is 6.92 Å². The molecule has 0 aromatic heterocycles. The van der Waals surface area contributed by atoms with Gasteiger partial charge in [0.05, 0.1) is 6.61 Å². The summed E-state index contributed by atoms with van der Waals surface area (Å²) in [6.07, 6.45) is 0.951. The van der Waals surface area contributed by atoms with Crippen molar-refractivity contribution in [1.82, 2.24) is 5.32 Å². The Balaban J connectivity index is 2.64. The van der Waals surface area contributed by atoms with Crippen molar-refractivity contribution in [1.29, 1.82) is 0 Å². The Morgan fingerprint density at radius 3 is 2.67 bits per heavy atom. The molecule has 0 aliphatic rings. The number of hydrogen-bond donors (Lipinski definition) is 2. The maximum absolute atomic E-state index is 9.11. The molecule has 0 heterocycles. The molecule has 0 aliphatic heterocycles. The lowest BCUT2D eigenvalue weighted by Crippen LogP contribution is -2.33. The Hall–Kier alpha value is -0.860. The molecule has 2 nitrogen and oxygen atoms in total. The van der Waals surface area contributed by atoms with E-state index in [1.807, 2.05) is 0 Å². The van der Waals surface area contributed by atoms with Crippen molar-refractivity contribution in [3.8, 4) is 0 Å². The maximum atomic E-state index is 9.11. The molecule has 2 N–H and O–H groups in total. The summed E-state index contributed by atoms with van der Waals surface area (Å²) in [6.45, 7) is 6.51. The van der Waals surface area contributed by atoms with Gasteiger partial charge in [0.2, 0.25) is 0 Å². The van der Waals surface area contributed by atoms with Crippen LogP contribution in [0.5, 0.6) is 0 Å². The van der Waals surface area contributed by atoms with Gasteiger partial charge in [0.15, 0.2) is 0 Å². The van der Waals surface area contributed by atoms with Crippen molar-refractivity contribution in [2.24, 2.45) is 0 Å². The summed E-state index contributed by atoms with van der Waals surface area (Å²) in [7, 11) is 0. The molecule has 1 rings (SSSR count). The maximum Gasteiger partial charge on any atom is 0.0584 e. The lowest BCUT2D eigenvalue weighted by atomic mass is 10.0. The average molecular weight is 207 g/mol. The first-order chi connectivity index (χ1) is 7.17. The van der Waals surface area contributed by atoms with E-state index in [-0.39, 0.29) is 12.6 Å². The predicted octanol–water partition coefficient (Wildman–Crippen LogP) is 2.42. The van der Waals surface area contributed by atoms with Crippen molar-refractivity contribution in [2.45, 2.75) is 39.3 Å². The van der Waals surface area contributed by atoms with Gasteiger partial charge in [-0.25, -0.2) is 0 Å². The van der Waals surface area contributed by atoms with Crippen LogP contribution >= 0.6 is 0 Å². The number of aryl methyl sites for hydroxylation is 1. The quantitative estimate of drug-likeness (QED) is 0.777. The van der Waals surface area contributed by atoms with Gasteiger partial charge in [-0.3, -0.25) is 0 Å². The zero-order chi connectivity index (χ0) is 11.3. The number of hydrogen-bond acceptors (Lipinski definition) is 2. The Kier molecular flexibility index (Phi) is 4.79. The molecule has 0 saturated heterocycles. The van der Waals surface area contributed by atoms with Crippen LogP contribution in [0.2, 0.25) is 0 Å². The van der Waals surface area contributed by atoms with Crippen LogP contribution in [0.4, 0.5) is 0 Å². The van der Waals surface area contributed by atoms with E-state index in [2.05, 4.69) is 50.4 Å². The summed E-state index contributed by atoms with van der Waals surface area (Å²) < 4.78 is 0.